The van der Waals surface area contributed by atoms with Gasteiger partial charge in [0.15, 0.2) is 12.1 Å². The molecule has 0 unspecified atom stereocenters. The van der Waals surface area contributed by atoms with E-state index in [-0.39, 0.29) is 24.3 Å². The fraction of sp³-hybridized carbons (Fsp3) is 1.00. The van der Waals surface area contributed by atoms with Crippen molar-refractivity contribution in [3.63, 3.8) is 0 Å². The molecule has 4 fully saturated rings. The Balaban J connectivity index is 1.38. The lowest BCUT2D eigenvalue weighted by atomic mass is 9.94. The number of hydrogen-bond donors (Lipinski definition) is 0. The smallest absolute Gasteiger partial charge is 0.173 e. The molecule has 0 amide bonds. The van der Waals surface area contributed by atoms with Gasteiger partial charge in [0.1, 0.15) is 6.10 Å². The normalized spacial score (nSPS) is 41.6. The Bertz CT molecular complexity index is 394. The van der Waals surface area contributed by atoms with Crippen LogP contribution in [0.15, 0.2) is 0 Å². The van der Waals surface area contributed by atoms with E-state index in [9.17, 15) is 0 Å². The topological polar surface area (TPSA) is 49.4 Å². The minimum absolute atomic E-state index is 0.0387. The summed E-state index contributed by atoms with van der Waals surface area (Å²) in [5, 5.41) is 0. The zero-order valence-corrected chi connectivity index (χ0v) is 14.1. The molecule has 1 spiro atoms. The van der Waals surface area contributed by atoms with Crippen molar-refractivity contribution in [2.45, 2.75) is 68.9 Å². The van der Waals surface area contributed by atoms with Crippen molar-refractivity contribution < 1.29 is 23.7 Å². The van der Waals surface area contributed by atoms with Gasteiger partial charge in [0.2, 0.25) is 0 Å². The van der Waals surface area contributed by atoms with Crippen LogP contribution in [-0.2, 0) is 23.7 Å². The second-order valence-corrected chi connectivity index (χ2v) is 7.17. The Morgan fingerprint density at radius 1 is 1.04 bits per heavy atom. The van der Waals surface area contributed by atoms with E-state index in [0.29, 0.717) is 12.6 Å². The molecule has 0 aromatic heterocycles. The molecule has 132 valence electrons. The Morgan fingerprint density at radius 3 is 2.57 bits per heavy atom. The van der Waals surface area contributed by atoms with Gasteiger partial charge >= 0.3 is 0 Å². The zero-order chi connectivity index (χ0) is 15.7. The molecule has 6 heteroatoms. The van der Waals surface area contributed by atoms with Crippen LogP contribution in [0.3, 0.4) is 0 Å². The number of ether oxygens (including phenoxy) is 5. The number of hydrogen-bond acceptors (Lipinski definition) is 6. The van der Waals surface area contributed by atoms with Gasteiger partial charge in [-0.15, -0.1) is 0 Å². The van der Waals surface area contributed by atoms with Crippen LogP contribution in [0.4, 0.5) is 0 Å². The third-order valence-corrected chi connectivity index (χ3v) is 5.75. The van der Waals surface area contributed by atoms with Gasteiger partial charge in [-0.05, 0) is 19.3 Å². The predicted molar refractivity (Wildman–Crippen MR) is 83.1 cm³/mol. The summed E-state index contributed by atoms with van der Waals surface area (Å²) in [6.07, 6.45) is 6.63. The molecule has 1 saturated carbocycles. The molecular formula is C17H29NO5. The summed E-state index contributed by atoms with van der Waals surface area (Å²) in [7, 11) is 1.73. The number of nitrogens with zero attached hydrogens (tertiary/aromatic N) is 1. The molecule has 0 aromatic rings. The van der Waals surface area contributed by atoms with E-state index in [1.165, 1.54) is 19.3 Å². The highest BCUT2D eigenvalue weighted by atomic mass is 16.8. The molecule has 0 bridgehead atoms. The SMILES string of the molecule is CO[C@H]1O[C@H]([C@H]2COC3(CCCCC3)O2)C[C@@H]1N1CCOCC1. The first-order valence-corrected chi connectivity index (χ1v) is 9.11. The van der Waals surface area contributed by atoms with Crippen LogP contribution >= 0.6 is 0 Å². The molecule has 0 N–H and O–H groups in total. The molecule has 0 aromatic carbocycles. The highest BCUT2D eigenvalue weighted by Gasteiger charge is 2.49. The van der Waals surface area contributed by atoms with E-state index in [4.69, 9.17) is 23.7 Å². The van der Waals surface area contributed by atoms with E-state index < -0.39 is 0 Å². The molecule has 3 heterocycles. The number of morpholine rings is 1. The van der Waals surface area contributed by atoms with Gasteiger partial charge in [-0.25, -0.2) is 0 Å². The lowest BCUT2D eigenvalue weighted by Gasteiger charge is -2.33. The van der Waals surface area contributed by atoms with Gasteiger partial charge in [-0.1, -0.05) is 6.42 Å². The first-order valence-electron chi connectivity index (χ1n) is 9.11. The highest BCUT2D eigenvalue weighted by molar-refractivity contribution is 4.93. The summed E-state index contributed by atoms with van der Waals surface area (Å²) >= 11 is 0. The minimum atomic E-state index is -0.327. The van der Waals surface area contributed by atoms with E-state index in [1.807, 2.05) is 0 Å². The molecule has 23 heavy (non-hydrogen) atoms. The average Bonchev–Trinajstić information content (AvgIpc) is 3.21. The summed E-state index contributed by atoms with van der Waals surface area (Å²) in [6.45, 7) is 4.14. The summed E-state index contributed by atoms with van der Waals surface area (Å²) in [5.74, 6) is -0.327. The van der Waals surface area contributed by atoms with Crippen LogP contribution in [0.5, 0.6) is 0 Å². The molecule has 3 aliphatic heterocycles. The van der Waals surface area contributed by atoms with Gasteiger partial charge in [0, 0.05) is 33.0 Å². The summed E-state index contributed by atoms with van der Waals surface area (Å²) in [5.41, 5.74) is 0. The van der Waals surface area contributed by atoms with Crippen LogP contribution in [0.1, 0.15) is 38.5 Å². The van der Waals surface area contributed by atoms with Crippen molar-refractivity contribution in [3.05, 3.63) is 0 Å². The third-order valence-electron chi connectivity index (χ3n) is 5.75. The quantitative estimate of drug-likeness (QED) is 0.783. The zero-order valence-electron chi connectivity index (χ0n) is 14.1. The van der Waals surface area contributed by atoms with Crippen LogP contribution < -0.4 is 0 Å². The largest absolute Gasteiger partial charge is 0.379 e. The molecular weight excluding hydrogens is 298 g/mol. The van der Waals surface area contributed by atoms with Crippen LogP contribution in [0.2, 0.25) is 0 Å². The summed E-state index contributed by atoms with van der Waals surface area (Å²) < 4.78 is 29.7. The van der Waals surface area contributed by atoms with Crippen molar-refractivity contribution in [3.8, 4) is 0 Å². The molecule has 6 nitrogen and oxygen atoms in total. The third kappa shape index (κ3) is 3.30. The first-order chi connectivity index (χ1) is 11.3. The molecule has 3 saturated heterocycles. The molecule has 4 rings (SSSR count). The maximum absolute atomic E-state index is 6.36. The molecule has 1 aliphatic carbocycles. The number of rotatable bonds is 3. The fourth-order valence-electron chi connectivity index (χ4n) is 4.46. The minimum Gasteiger partial charge on any atom is -0.379 e. The lowest BCUT2D eigenvalue weighted by Crippen LogP contribution is -2.47. The van der Waals surface area contributed by atoms with Gasteiger partial charge in [0.25, 0.3) is 0 Å². The van der Waals surface area contributed by atoms with Crippen LogP contribution in [0, 0.1) is 0 Å². The van der Waals surface area contributed by atoms with Crippen LogP contribution in [0.25, 0.3) is 0 Å². The van der Waals surface area contributed by atoms with Gasteiger partial charge in [-0.2, -0.15) is 0 Å². The van der Waals surface area contributed by atoms with E-state index in [1.54, 1.807) is 7.11 Å². The average molecular weight is 327 g/mol. The van der Waals surface area contributed by atoms with Crippen molar-refractivity contribution >= 4 is 0 Å². The molecule has 0 radical (unpaired) electrons. The highest BCUT2D eigenvalue weighted by Crippen LogP contribution is 2.41. The standard InChI is InChI=1S/C17H29NO5/c1-19-16-13(18-7-9-20-10-8-18)11-14(22-16)15-12-21-17(23-15)5-3-2-4-6-17/h13-16H,2-12H2,1H3/t13-,14-,15+,16-/m0/s1. The Labute approximate surface area is 138 Å². The van der Waals surface area contributed by atoms with Crippen molar-refractivity contribution in [1.29, 1.82) is 0 Å². The van der Waals surface area contributed by atoms with E-state index in [2.05, 4.69) is 4.90 Å². The first kappa shape index (κ1) is 16.2. The van der Waals surface area contributed by atoms with Crippen molar-refractivity contribution in [1.82, 2.24) is 4.90 Å². The van der Waals surface area contributed by atoms with Gasteiger partial charge in [0.05, 0.1) is 32.0 Å². The molecule has 4 aliphatic rings. The summed E-state index contributed by atoms with van der Waals surface area (Å²) in [6, 6.07) is 0.292. The Morgan fingerprint density at radius 2 is 1.83 bits per heavy atom. The van der Waals surface area contributed by atoms with Crippen molar-refractivity contribution in [2.24, 2.45) is 0 Å². The number of methoxy groups -OCH3 is 1. The summed E-state index contributed by atoms with van der Waals surface area (Å²) in [4.78, 5) is 2.43. The maximum Gasteiger partial charge on any atom is 0.173 e. The second kappa shape index (κ2) is 6.94. The Kier molecular flexibility index (Phi) is 4.90. The second-order valence-electron chi connectivity index (χ2n) is 7.17. The fourth-order valence-corrected chi connectivity index (χ4v) is 4.46. The van der Waals surface area contributed by atoms with Gasteiger partial charge < -0.3 is 23.7 Å². The monoisotopic (exact) mass is 327 g/mol. The maximum atomic E-state index is 6.36. The van der Waals surface area contributed by atoms with Gasteiger partial charge in [-0.3, -0.25) is 4.90 Å². The Hall–Kier alpha value is -0.240. The predicted octanol–water partition coefficient (Wildman–Crippen LogP) is 1.52. The molecule has 4 atom stereocenters. The lowest BCUT2D eigenvalue weighted by molar-refractivity contribution is -0.207. The van der Waals surface area contributed by atoms with E-state index >= 15 is 0 Å². The van der Waals surface area contributed by atoms with Crippen LogP contribution in [-0.4, -0.2) is 75.2 Å². The van der Waals surface area contributed by atoms with Crippen molar-refractivity contribution in [2.75, 3.05) is 40.0 Å². The van der Waals surface area contributed by atoms with E-state index in [0.717, 1.165) is 45.6 Å².